The number of allylic oxidation sites excluding steroid dienone is 3. The predicted molar refractivity (Wildman–Crippen MR) is 147 cm³/mol. The van der Waals surface area contributed by atoms with Gasteiger partial charge in [-0.2, -0.15) is 0 Å². The largest absolute Gasteiger partial charge is 0.494 e. The first kappa shape index (κ1) is 24.7. The molecular weight excluding hydrogens is 538 g/mol. The monoisotopic (exact) mass is 565 g/mol. The number of fused-ring (bicyclic) bond motifs is 1. The zero-order valence-corrected chi connectivity index (χ0v) is 23.1. The Bertz CT molecular complexity index is 1440. The number of ketones is 1. The highest BCUT2D eigenvalue weighted by molar-refractivity contribution is 9.10. The predicted octanol–water partition coefficient (Wildman–Crippen LogP) is 6.70. The van der Waals surface area contributed by atoms with Crippen LogP contribution in [0.4, 0.5) is 5.13 Å². The Morgan fingerprint density at radius 1 is 1.22 bits per heavy atom. The molecule has 1 atom stereocenters. The van der Waals surface area contributed by atoms with Crippen molar-refractivity contribution in [2.75, 3.05) is 11.9 Å². The second-order valence-electron chi connectivity index (χ2n) is 10.0. The van der Waals surface area contributed by atoms with Crippen LogP contribution in [0.1, 0.15) is 52.0 Å². The van der Waals surface area contributed by atoms with Gasteiger partial charge in [0.2, 0.25) is 0 Å². The highest BCUT2D eigenvalue weighted by atomic mass is 79.9. The van der Waals surface area contributed by atoms with Crippen LogP contribution in [0.5, 0.6) is 5.75 Å². The number of halogens is 1. The number of nitrogens with one attached hydrogen (secondary N) is 2. The lowest BCUT2D eigenvalue weighted by Crippen LogP contribution is -2.39. The number of anilines is 1. The zero-order valence-electron chi connectivity index (χ0n) is 20.7. The summed E-state index contributed by atoms with van der Waals surface area (Å²) in [4.78, 5) is 31.8. The lowest BCUT2D eigenvalue weighted by Gasteiger charge is -2.39. The number of Topliss-reactive ketones (excluding diaryl/α,β-unsaturated/α-hetero) is 1. The molecule has 2 aliphatic rings. The maximum Gasteiger partial charge on any atom is 0.256 e. The van der Waals surface area contributed by atoms with Crippen molar-refractivity contribution in [3.05, 3.63) is 75.0 Å². The molecule has 8 heteroatoms. The van der Waals surface area contributed by atoms with Crippen molar-refractivity contribution in [1.29, 1.82) is 0 Å². The van der Waals surface area contributed by atoms with Gasteiger partial charge in [-0.1, -0.05) is 53.2 Å². The Morgan fingerprint density at radius 3 is 2.69 bits per heavy atom. The van der Waals surface area contributed by atoms with E-state index in [1.807, 2.05) is 56.3 Å². The van der Waals surface area contributed by atoms with E-state index in [0.717, 1.165) is 43.8 Å². The van der Waals surface area contributed by atoms with Crippen LogP contribution in [0.25, 0.3) is 10.2 Å². The molecular formula is C28H28BrN3O3S. The van der Waals surface area contributed by atoms with Crippen LogP contribution >= 0.6 is 27.3 Å². The Labute approximate surface area is 223 Å². The SMILES string of the molecule is CCOc1ccc(C2C(C(=O)Nc3nc4ccc(Br)cc4s3)=C(C)NC3=C2C(=O)CC(C)(C)C3)cc1. The molecule has 0 saturated heterocycles. The van der Waals surface area contributed by atoms with Crippen LogP contribution in [0.3, 0.4) is 0 Å². The third-order valence-electron chi connectivity index (χ3n) is 6.58. The molecule has 0 bridgehead atoms. The summed E-state index contributed by atoms with van der Waals surface area (Å²) < 4.78 is 7.56. The van der Waals surface area contributed by atoms with Gasteiger partial charge in [0.1, 0.15) is 5.75 Å². The first-order chi connectivity index (χ1) is 17.1. The van der Waals surface area contributed by atoms with Crippen LogP contribution in [0.2, 0.25) is 0 Å². The number of carbonyl (C=O) groups is 2. The molecule has 2 aromatic carbocycles. The molecule has 3 aromatic rings. The lowest BCUT2D eigenvalue weighted by atomic mass is 9.68. The number of aromatic nitrogens is 1. The van der Waals surface area contributed by atoms with E-state index >= 15 is 0 Å². The van der Waals surface area contributed by atoms with Crippen molar-refractivity contribution >= 4 is 54.3 Å². The summed E-state index contributed by atoms with van der Waals surface area (Å²) >= 11 is 4.91. The van der Waals surface area contributed by atoms with Crippen LogP contribution < -0.4 is 15.4 Å². The quantitative estimate of drug-likeness (QED) is 0.359. The Balaban J connectivity index is 1.55. The summed E-state index contributed by atoms with van der Waals surface area (Å²) in [6.45, 7) is 8.63. The maximum atomic E-state index is 13.8. The van der Waals surface area contributed by atoms with E-state index in [9.17, 15) is 9.59 Å². The summed E-state index contributed by atoms with van der Waals surface area (Å²) in [7, 11) is 0. The third kappa shape index (κ3) is 4.72. The molecule has 36 heavy (non-hydrogen) atoms. The molecule has 1 amide bonds. The van der Waals surface area contributed by atoms with E-state index in [0.29, 0.717) is 29.3 Å². The molecule has 1 unspecified atom stereocenters. The maximum absolute atomic E-state index is 13.8. The number of amides is 1. The van der Waals surface area contributed by atoms with Crippen LogP contribution in [0.15, 0.2) is 69.5 Å². The lowest BCUT2D eigenvalue weighted by molar-refractivity contribution is -0.118. The summed E-state index contributed by atoms with van der Waals surface area (Å²) in [5.41, 5.74) is 4.45. The molecule has 186 valence electrons. The average molecular weight is 567 g/mol. The van der Waals surface area contributed by atoms with E-state index < -0.39 is 5.92 Å². The number of carbonyl (C=O) groups excluding carboxylic acids is 2. The van der Waals surface area contributed by atoms with Gasteiger partial charge in [-0.3, -0.25) is 14.9 Å². The van der Waals surface area contributed by atoms with Gasteiger partial charge < -0.3 is 10.1 Å². The number of hydrogen-bond acceptors (Lipinski definition) is 6. The fraction of sp³-hybridized carbons (Fsp3) is 0.321. The third-order valence-corrected chi connectivity index (χ3v) is 8.01. The molecule has 0 radical (unpaired) electrons. The highest BCUT2D eigenvalue weighted by Gasteiger charge is 2.42. The molecule has 5 rings (SSSR count). The second-order valence-corrected chi connectivity index (χ2v) is 12.0. The second kappa shape index (κ2) is 9.48. The van der Waals surface area contributed by atoms with Crippen LogP contribution in [0, 0.1) is 5.41 Å². The van der Waals surface area contributed by atoms with Gasteiger partial charge >= 0.3 is 0 Å². The van der Waals surface area contributed by atoms with Gasteiger partial charge in [-0.05, 0) is 61.6 Å². The number of thiazole rings is 1. The zero-order chi connectivity index (χ0) is 25.6. The summed E-state index contributed by atoms with van der Waals surface area (Å²) in [6.07, 6.45) is 1.20. The highest BCUT2D eigenvalue weighted by Crippen LogP contribution is 2.47. The molecule has 1 aromatic heterocycles. The first-order valence-electron chi connectivity index (χ1n) is 12.0. The van der Waals surface area contributed by atoms with Crippen LogP contribution in [-0.2, 0) is 9.59 Å². The number of dihydropyridines is 1. The van der Waals surface area contributed by atoms with Crippen molar-refractivity contribution in [2.24, 2.45) is 5.41 Å². The number of rotatable bonds is 5. The van der Waals surface area contributed by atoms with E-state index in [4.69, 9.17) is 4.74 Å². The first-order valence-corrected chi connectivity index (χ1v) is 13.6. The fourth-order valence-electron chi connectivity index (χ4n) is 5.11. The Hall–Kier alpha value is -2.97. The molecule has 0 fully saturated rings. The number of benzene rings is 2. The Kier molecular flexibility index (Phi) is 6.51. The van der Waals surface area contributed by atoms with Gasteiger partial charge in [0.05, 0.1) is 16.8 Å². The van der Waals surface area contributed by atoms with Gasteiger partial charge in [0.25, 0.3) is 5.91 Å². The standard InChI is InChI=1S/C28H28BrN3O3S/c1-5-35-18-9-6-16(7-10-18)24-23(15(2)30-20-13-28(3,4)14-21(33)25(20)24)26(34)32-27-31-19-11-8-17(29)12-22(19)36-27/h6-12,24,30H,5,13-14H2,1-4H3,(H,31,32,34). The fourth-order valence-corrected chi connectivity index (χ4v) is 6.52. The van der Waals surface area contributed by atoms with E-state index in [-0.39, 0.29) is 17.1 Å². The van der Waals surface area contributed by atoms with E-state index in [1.165, 1.54) is 11.3 Å². The topological polar surface area (TPSA) is 80.3 Å². The molecule has 2 N–H and O–H groups in total. The summed E-state index contributed by atoms with van der Waals surface area (Å²) in [6, 6.07) is 13.5. The minimum absolute atomic E-state index is 0.0790. The van der Waals surface area contributed by atoms with Crippen molar-refractivity contribution < 1.29 is 14.3 Å². The normalized spacial score (nSPS) is 19.2. The molecule has 0 spiro atoms. The number of ether oxygens (including phenoxy) is 1. The molecule has 0 saturated carbocycles. The Morgan fingerprint density at radius 2 is 1.97 bits per heavy atom. The van der Waals surface area contributed by atoms with Crippen molar-refractivity contribution in [3.8, 4) is 5.75 Å². The number of hydrogen-bond donors (Lipinski definition) is 2. The van der Waals surface area contributed by atoms with Crippen molar-refractivity contribution in [2.45, 2.75) is 46.5 Å². The van der Waals surface area contributed by atoms with E-state index in [2.05, 4.69) is 45.4 Å². The summed E-state index contributed by atoms with van der Waals surface area (Å²) in [5, 5.41) is 6.94. The smallest absolute Gasteiger partial charge is 0.256 e. The van der Waals surface area contributed by atoms with Gasteiger partial charge in [0.15, 0.2) is 10.9 Å². The molecule has 6 nitrogen and oxygen atoms in total. The van der Waals surface area contributed by atoms with Gasteiger partial charge in [-0.25, -0.2) is 4.98 Å². The number of nitrogens with zero attached hydrogens (tertiary/aromatic N) is 1. The van der Waals surface area contributed by atoms with Gasteiger partial charge in [0, 0.05) is 39.4 Å². The van der Waals surface area contributed by atoms with E-state index in [1.54, 1.807) is 0 Å². The van der Waals surface area contributed by atoms with Gasteiger partial charge in [-0.15, -0.1) is 0 Å². The molecule has 1 aliphatic carbocycles. The minimum Gasteiger partial charge on any atom is -0.494 e. The average Bonchev–Trinajstić information content (AvgIpc) is 3.19. The van der Waals surface area contributed by atoms with Crippen molar-refractivity contribution in [3.63, 3.8) is 0 Å². The molecule has 1 aliphatic heterocycles. The van der Waals surface area contributed by atoms with Crippen molar-refractivity contribution in [1.82, 2.24) is 10.3 Å². The molecule has 2 heterocycles. The van der Waals surface area contributed by atoms with Crippen LogP contribution in [-0.4, -0.2) is 23.3 Å². The summed E-state index contributed by atoms with van der Waals surface area (Å²) in [5.74, 6) is 0.105. The minimum atomic E-state index is -0.468.